The molecule has 0 saturated carbocycles. The minimum atomic E-state index is -0.266. The highest BCUT2D eigenvalue weighted by Gasteiger charge is 2.19. The number of hydrogen-bond acceptors (Lipinski definition) is 4. The van der Waals surface area contributed by atoms with Gasteiger partial charge < -0.3 is 14.1 Å². The van der Waals surface area contributed by atoms with E-state index in [1.54, 1.807) is 30.9 Å². The first kappa shape index (κ1) is 16.8. The lowest BCUT2D eigenvalue weighted by atomic mass is 10.1. The molecule has 7 heteroatoms. The Morgan fingerprint density at radius 1 is 1.41 bits per heavy atom. The molecule has 0 N–H and O–H groups in total. The molecular weight excluding hydrogens is 325 g/mol. The van der Waals surface area contributed by atoms with Crippen LogP contribution in [0.2, 0.25) is 10.0 Å². The molecule has 2 aromatic rings. The van der Waals surface area contributed by atoms with Crippen molar-refractivity contribution < 1.29 is 9.57 Å². The molecule has 0 amide bonds. The van der Waals surface area contributed by atoms with Crippen LogP contribution in [0.3, 0.4) is 0 Å². The molecule has 0 fully saturated rings. The summed E-state index contributed by atoms with van der Waals surface area (Å²) in [6.07, 6.45) is 6.40. The van der Waals surface area contributed by atoms with Crippen molar-refractivity contribution in [1.29, 1.82) is 0 Å². The number of hydrogen-bond donors (Lipinski definition) is 0. The van der Waals surface area contributed by atoms with Gasteiger partial charge in [-0.05, 0) is 19.1 Å². The Labute approximate surface area is 139 Å². The van der Waals surface area contributed by atoms with Gasteiger partial charge in [0.05, 0.1) is 25.2 Å². The zero-order valence-electron chi connectivity index (χ0n) is 12.3. The molecule has 0 aliphatic heterocycles. The van der Waals surface area contributed by atoms with Crippen molar-refractivity contribution in [3.05, 3.63) is 52.5 Å². The molecule has 118 valence electrons. The number of halogens is 2. The second-order valence-electron chi connectivity index (χ2n) is 4.69. The van der Waals surface area contributed by atoms with Crippen LogP contribution in [0.25, 0.3) is 0 Å². The lowest BCUT2D eigenvalue weighted by Gasteiger charge is -2.22. The smallest absolute Gasteiger partial charge is 0.106 e. The number of imidazole rings is 1. The second-order valence-corrected chi connectivity index (χ2v) is 5.54. The summed E-state index contributed by atoms with van der Waals surface area (Å²) in [5.74, 6) is 0. The van der Waals surface area contributed by atoms with Gasteiger partial charge in [0.25, 0.3) is 0 Å². The van der Waals surface area contributed by atoms with Crippen LogP contribution in [-0.2, 0) is 16.1 Å². The predicted octanol–water partition coefficient (Wildman–Crippen LogP) is 3.97. The second kappa shape index (κ2) is 8.17. The molecule has 0 radical (unpaired) electrons. The van der Waals surface area contributed by atoms with Crippen molar-refractivity contribution in [2.24, 2.45) is 5.16 Å². The van der Waals surface area contributed by atoms with Crippen molar-refractivity contribution in [3.63, 3.8) is 0 Å². The van der Waals surface area contributed by atoms with E-state index in [0.29, 0.717) is 16.6 Å². The Morgan fingerprint density at radius 2 is 2.23 bits per heavy atom. The van der Waals surface area contributed by atoms with Gasteiger partial charge in [0.1, 0.15) is 13.2 Å². The highest BCUT2D eigenvalue weighted by molar-refractivity contribution is 6.35. The topological polar surface area (TPSA) is 48.6 Å². The van der Waals surface area contributed by atoms with E-state index in [2.05, 4.69) is 15.0 Å². The number of aromatic nitrogens is 2. The fourth-order valence-electron chi connectivity index (χ4n) is 2.00. The summed E-state index contributed by atoms with van der Waals surface area (Å²) in [5, 5.41) is 4.88. The van der Waals surface area contributed by atoms with Gasteiger partial charge in [-0.15, -0.1) is 0 Å². The first-order chi connectivity index (χ1) is 10.6. The maximum Gasteiger partial charge on any atom is 0.106 e. The summed E-state index contributed by atoms with van der Waals surface area (Å²) in [5.41, 5.74) is 0.859. The van der Waals surface area contributed by atoms with E-state index >= 15 is 0 Å². The molecule has 2 atom stereocenters. The van der Waals surface area contributed by atoms with Crippen LogP contribution in [0.15, 0.2) is 42.1 Å². The summed E-state index contributed by atoms with van der Waals surface area (Å²) in [7, 11) is 1.49. The Bertz CT molecular complexity index is 617. The molecule has 1 heterocycles. The Morgan fingerprint density at radius 3 is 2.86 bits per heavy atom. The molecule has 0 aliphatic carbocycles. The normalized spacial score (nSPS) is 14.2. The lowest BCUT2D eigenvalue weighted by Crippen LogP contribution is -2.19. The van der Waals surface area contributed by atoms with E-state index in [9.17, 15) is 0 Å². The molecule has 0 saturated heterocycles. The molecule has 0 aliphatic rings. The minimum Gasteiger partial charge on any atom is -0.399 e. The molecule has 2 unspecified atom stereocenters. The predicted molar refractivity (Wildman–Crippen MR) is 87.5 cm³/mol. The first-order valence-electron chi connectivity index (χ1n) is 6.73. The Hall–Kier alpha value is -1.56. The number of benzene rings is 1. The average molecular weight is 342 g/mol. The van der Waals surface area contributed by atoms with E-state index < -0.39 is 0 Å². The number of ether oxygens (including phenoxy) is 1. The van der Waals surface area contributed by atoms with Gasteiger partial charge >= 0.3 is 0 Å². The molecule has 22 heavy (non-hydrogen) atoms. The molecule has 1 aromatic heterocycles. The van der Waals surface area contributed by atoms with E-state index in [1.807, 2.05) is 23.8 Å². The van der Waals surface area contributed by atoms with Crippen LogP contribution in [0.4, 0.5) is 0 Å². The van der Waals surface area contributed by atoms with Gasteiger partial charge in [0.15, 0.2) is 0 Å². The van der Waals surface area contributed by atoms with Crippen LogP contribution < -0.4 is 0 Å². The third kappa shape index (κ3) is 4.73. The van der Waals surface area contributed by atoms with Gasteiger partial charge in [0.2, 0.25) is 0 Å². The van der Waals surface area contributed by atoms with E-state index in [0.717, 1.165) is 5.56 Å². The third-order valence-electron chi connectivity index (χ3n) is 3.00. The highest BCUT2D eigenvalue weighted by Crippen LogP contribution is 2.30. The van der Waals surface area contributed by atoms with Crippen LogP contribution in [0, 0.1) is 0 Å². The number of rotatable bonds is 7. The van der Waals surface area contributed by atoms with Gasteiger partial charge in [-0.1, -0.05) is 34.4 Å². The summed E-state index contributed by atoms with van der Waals surface area (Å²) in [6, 6.07) is 5.37. The van der Waals surface area contributed by atoms with E-state index in [1.165, 1.54) is 7.11 Å². The fourth-order valence-corrected chi connectivity index (χ4v) is 2.53. The molecule has 2 rings (SSSR count). The largest absolute Gasteiger partial charge is 0.399 e. The van der Waals surface area contributed by atoms with Crippen molar-refractivity contribution in [2.45, 2.75) is 25.7 Å². The summed E-state index contributed by atoms with van der Waals surface area (Å²) in [6.45, 7) is 2.46. The van der Waals surface area contributed by atoms with E-state index in [4.69, 9.17) is 27.9 Å². The molecule has 5 nitrogen and oxygen atoms in total. The third-order valence-corrected chi connectivity index (χ3v) is 3.56. The SMILES string of the molecule is CON=CC(C)OC(Cn1ccnc1)c1ccc(Cl)cc1Cl. The minimum absolute atomic E-state index is 0.236. The van der Waals surface area contributed by atoms with Crippen LogP contribution in [0.1, 0.15) is 18.6 Å². The monoisotopic (exact) mass is 341 g/mol. The van der Waals surface area contributed by atoms with E-state index in [-0.39, 0.29) is 12.2 Å². The molecule has 1 aromatic carbocycles. The Balaban J connectivity index is 2.22. The summed E-state index contributed by atoms with van der Waals surface area (Å²) < 4.78 is 7.95. The van der Waals surface area contributed by atoms with Gasteiger partial charge in [-0.3, -0.25) is 0 Å². The summed E-state index contributed by atoms with van der Waals surface area (Å²) >= 11 is 12.3. The van der Waals surface area contributed by atoms with Crippen molar-refractivity contribution >= 4 is 29.4 Å². The van der Waals surface area contributed by atoms with Gasteiger partial charge in [-0.2, -0.15) is 0 Å². The lowest BCUT2D eigenvalue weighted by molar-refractivity contribution is 0.0210. The fraction of sp³-hybridized carbons (Fsp3) is 0.333. The zero-order valence-corrected chi connectivity index (χ0v) is 13.8. The van der Waals surface area contributed by atoms with Crippen LogP contribution in [0.5, 0.6) is 0 Å². The molecule has 0 bridgehead atoms. The van der Waals surface area contributed by atoms with Crippen LogP contribution >= 0.6 is 23.2 Å². The maximum atomic E-state index is 6.30. The maximum absolute atomic E-state index is 6.30. The number of oxime groups is 1. The highest BCUT2D eigenvalue weighted by atomic mass is 35.5. The standard InChI is InChI=1S/C15H17Cl2N3O2/c1-11(8-19-21-2)22-15(9-20-6-5-18-10-20)13-4-3-12(16)7-14(13)17/h3-8,10-11,15H,9H2,1-2H3. The van der Waals surface area contributed by atoms with Crippen molar-refractivity contribution in [1.82, 2.24) is 9.55 Å². The van der Waals surface area contributed by atoms with Crippen molar-refractivity contribution in [2.75, 3.05) is 7.11 Å². The first-order valence-corrected chi connectivity index (χ1v) is 7.48. The quantitative estimate of drug-likeness (QED) is 0.565. The van der Waals surface area contributed by atoms with Gasteiger partial charge in [-0.25, -0.2) is 4.98 Å². The molecule has 0 spiro atoms. The molecular formula is C15H17Cl2N3O2. The van der Waals surface area contributed by atoms with Gasteiger partial charge in [0, 0.05) is 28.0 Å². The summed E-state index contributed by atoms with van der Waals surface area (Å²) in [4.78, 5) is 8.72. The average Bonchev–Trinajstić information content (AvgIpc) is 2.97. The number of nitrogens with zero attached hydrogens (tertiary/aromatic N) is 3. The van der Waals surface area contributed by atoms with Crippen LogP contribution in [-0.4, -0.2) is 29.0 Å². The van der Waals surface area contributed by atoms with Crippen molar-refractivity contribution in [3.8, 4) is 0 Å². The zero-order chi connectivity index (χ0) is 15.9. The Kier molecular flexibility index (Phi) is 6.24.